The third-order valence-electron chi connectivity index (χ3n) is 3.29. The van der Waals surface area contributed by atoms with Crippen molar-refractivity contribution in [1.82, 2.24) is 4.31 Å². The van der Waals surface area contributed by atoms with Crippen LogP contribution in [-0.2, 0) is 14.8 Å². The fourth-order valence-electron chi connectivity index (χ4n) is 1.94. The van der Waals surface area contributed by atoms with Gasteiger partial charge in [0.2, 0.25) is 10.0 Å². The summed E-state index contributed by atoms with van der Waals surface area (Å²) >= 11 is 0. The molecule has 0 saturated carbocycles. The first-order valence-electron chi connectivity index (χ1n) is 5.54. The highest BCUT2D eigenvalue weighted by Crippen LogP contribution is 2.31. The summed E-state index contributed by atoms with van der Waals surface area (Å²) in [6.45, 7) is 5.57. The molecule has 2 N–H and O–H groups in total. The minimum absolute atomic E-state index is 0. The molecule has 1 fully saturated rings. The number of sulfonamides is 1. The van der Waals surface area contributed by atoms with Crippen LogP contribution in [0.25, 0.3) is 0 Å². The van der Waals surface area contributed by atoms with E-state index in [-0.39, 0.29) is 24.4 Å². The van der Waals surface area contributed by atoms with Crippen molar-refractivity contribution in [2.75, 3.05) is 33.4 Å². The van der Waals surface area contributed by atoms with E-state index in [4.69, 9.17) is 10.5 Å². The molecule has 7 heteroatoms. The Kier molecular flexibility index (Phi) is 6.38. The van der Waals surface area contributed by atoms with Crippen LogP contribution >= 0.6 is 12.4 Å². The van der Waals surface area contributed by atoms with E-state index < -0.39 is 15.3 Å². The van der Waals surface area contributed by atoms with Gasteiger partial charge >= 0.3 is 0 Å². The second kappa shape index (κ2) is 6.33. The number of ether oxygens (including phenoxy) is 1. The van der Waals surface area contributed by atoms with Crippen LogP contribution in [0.3, 0.4) is 0 Å². The van der Waals surface area contributed by atoms with Crippen LogP contribution in [0.4, 0.5) is 0 Å². The van der Waals surface area contributed by atoms with E-state index in [0.717, 1.165) is 6.42 Å². The summed E-state index contributed by atoms with van der Waals surface area (Å²) < 4.78 is 30.7. The van der Waals surface area contributed by atoms with Gasteiger partial charge < -0.3 is 10.5 Å². The average Bonchev–Trinajstić information content (AvgIpc) is 2.63. The van der Waals surface area contributed by atoms with E-state index >= 15 is 0 Å². The van der Waals surface area contributed by atoms with Crippen LogP contribution in [0.1, 0.15) is 20.3 Å². The van der Waals surface area contributed by atoms with Gasteiger partial charge in [0.05, 0.1) is 11.9 Å². The molecule has 0 aromatic rings. The Morgan fingerprint density at radius 1 is 1.53 bits per heavy atom. The van der Waals surface area contributed by atoms with Gasteiger partial charge in [0.1, 0.15) is 0 Å². The molecule has 0 bridgehead atoms. The molecule has 2 atom stereocenters. The number of hydrogen-bond acceptors (Lipinski definition) is 4. The van der Waals surface area contributed by atoms with E-state index in [9.17, 15) is 8.42 Å². The Morgan fingerprint density at radius 2 is 2.12 bits per heavy atom. The van der Waals surface area contributed by atoms with Crippen molar-refractivity contribution in [2.24, 2.45) is 11.1 Å². The van der Waals surface area contributed by atoms with Gasteiger partial charge in [0, 0.05) is 20.2 Å². The summed E-state index contributed by atoms with van der Waals surface area (Å²) in [5, 5.41) is -0.488. The van der Waals surface area contributed by atoms with E-state index in [1.54, 1.807) is 11.2 Å². The van der Waals surface area contributed by atoms with Crippen molar-refractivity contribution in [3.63, 3.8) is 0 Å². The van der Waals surface area contributed by atoms with E-state index in [1.165, 1.54) is 7.11 Å². The predicted molar refractivity (Wildman–Crippen MR) is 70.9 cm³/mol. The minimum Gasteiger partial charge on any atom is -0.383 e. The number of nitrogens with two attached hydrogens (primary N) is 1. The molecule has 104 valence electrons. The molecule has 1 aliphatic heterocycles. The van der Waals surface area contributed by atoms with Crippen LogP contribution in [-0.4, -0.2) is 51.3 Å². The van der Waals surface area contributed by atoms with Crippen molar-refractivity contribution in [3.05, 3.63) is 0 Å². The summed E-state index contributed by atoms with van der Waals surface area (Å²) in [7, 11) is -1.72. The molecule has 0 aliphatic carbocycles. The molecule has 0 aromatic heterocycles. The summed E-state index contributed by atoms with van der Waals surface area (Å²) in [4.78, 5) is 0. The third kappa shape index (κ3) is 3.79. The Morgan fingerprint density at radius 3 is 2.53 bits per heavy atom. The molecule has 5 nitrogen and oxygen atoms in total. The Labute approximate surface area is 110 Å². The van der Waals surface area contributed by atoms with Gasteiger partial charge in [0.25, 0.3) is 0 Å². The van der Waals surface area contributed by atoms with E-state index in [1.807, 2.05) is 6.92 Å². The van der Waals surface area contributed by atoms with Crippen molar-refractivity contribution >= 4 is 22.4 Å². The highest BCUT2D eigenvalue weighted by molar-refractivity contribution is 7.89. The highest BCUT2D eigenvalue weighted by Gasteiger charge is 2.40. The predicted octanol–water partition coefficient (Wildman–Crippen LogP) is 0.444. The van der Waals surface area contributed by atoms with Crippen molar-refractivity contribution < 1.29 is 13.2 Å². The smallest absolute Gasteiger partial charge is 0.219 e. The molecule has 1 heterocycles. The number of methoxy groups -OCH3 is 1. The van der Waals surface area contributed by atoms with Crippen LogP contribution in [0, 0.1) is 5.41 Å². The van der Waals surface area contributed by atoms with Crippen LogP contribution in [0.2, 0.25) is 0 Å². The normalized spacial score (nSPS) is 27.8. The van der Waals surface area contributed by atoms with Gasteiger partial charge in [-0.1, -0.05) is 6.92 Å². The van der Waals surface area contributed by atoms with Crippen molar-refractivity contribution in [2.45, 2.75) is 25.5 Å². The summed E-state index contributed by atoms with van der Waals surface area (Å²) in [5.74, 6) is 0. The standard InChI is InChI=1S/C10H22N2O3S.ClH/c1-9(6-15-3)16(13,14)12-5-4-10(2,7-11)8-12;/h9H,4-8,11H2,1-3H3;1H. The number of rotatable bonds is 5. The zero-order valence-electron chi connectivity index (χ0n) is 10.7. The van der Waals surface area contributed by atoms with Crippen molar-refractivity contribution in [3.8, 4) is 0 Å². The molecular formula is C10H23ClN2O3S. The topological polar surface area (TPSA) is 72.6 Å². The maximum Gasteiger partial charge on any atom is 0.219 e. The molecule has 2 unspecified atom stereocenters. The fraction of sp³-hybridized carbons (Fsp3) is 1.00. The summed E-state index contributed by atoms with van der Waals surface area (Å²) in [6.07, 6.45) is 0.836. The molecular weight excluding hydrogens is 264 g/mol. The Hall–Kier alpha value is 0.120. The maximum atomic E-state index is 12.1. The van der Waals surface area contributed by atoms with Gasteiger partial charge in [-0.15, -0.1) is 12.4 Å². The zero-order chi connectivity index (χ0) is 12.4. The Bertz CT molecular complexity index is 336. The lowest BCUT2D eigenvalue weighted by Crippen LogP contribution is -2.40. The van der Waals surface area contributed by atoms with Crippen LogP contribution < -0.4 is 5.73 Å². The lowest BCUT2D eigenvalue weighted by atomic mass is 9.90. The van der Waals surface area contributed by atoms with E-state index in [2.05, 4.69) is 0 Å². The highest BCUT2D eigenvalue weighted by atomic mass is 35.5. The zero-order valence-corrected chi connectivity index (χ0v) is 12.3. The van der Waals surface area contributed by atoms with Crippen molar-refractivity contribution in [1.29, 1.82) is 0 Å². The molecule has 0 amide bonds. The number of nitrogens with zero attached hydrogens (tertiary/aromatic N) is 1. The number of hydrogen-bond donors (Lipinski definition) is 1. The summed E-state index contributed by atoms with van der Waals surface area (Å²) in [6, 6.07) is 0. The first-order chi connectivity index (χ1) is 7.35. The largest absolute Gasteiger partial charge is 0.383 e. The molecule has 0 radical (unpaired) electrons. The molecule has 17 heavy (non-hydrogen) atoms. The van der Waals surface area contributed by atoms with Gasteiger partial charge in [-0.3, -0.25) is 0 Å². The van der Waals surface area contributed by atoms with Gasteiger partial charge in [0.15, 0.2) is 0 Å². The SMILES string of the molecule is COCC(C)S(=O)(=O)N1CCC(C)(CN)C1.Cl. The van der Waals surface area contributed by atoms with Crippen LogP contribution in [0.15, 0.2) is 0 Å². The van der Waals surface area contributed by atoms with Gasteiger partial charge in [-0.25, -0.2) is 12.7 Å². The Balaban J connectivity index is 0.00000256. The average molecular weight is 287 g/mol. The van der Waals surface area contributed by atoms with Gasteiger partial charge in [-0.2, -0.15) is 0 Å². The lowest BCUT2D eigenvalue weighted by Gasteiger charge is -2.24. The fourth-order valence-corrected chi connectivity index (χ4v) is 3.59. The maximum absolute atomic E-state index is 12.1. The monoisotopic (exact) mass is 286 g/mol. The third-order valence-corrected chi connectivity index (χ3v) is 5.47. The number of halogens is 1. The first kappa shape index (κ1) is 17.1. The molecule has 1 rings (SSSR count). The second-order valence-electron chi connectivity index (χ2n) is 4.91. The second-order valence-corrected chi connectivity index (χ2v) is 7.26. The first-order valence-corrected chi connectivity index (χ1v) is 7.04. The summed E-state index contributed by atoms with van der Waals surface area (Å²) in [5.41, 5.74) is 5.59. The van der Waals surface area contributed by atoms with E-state index in [0.29, 0.717) is 19.6 Å². The molecule has 1 saturated heterocycles. The minimum atomic E-state index is -3.23. The molecule has 0 aromatic carbocycles. The lowest BCUT2D eigenvalue weighted by molar-refractivity contribution is 0.198. The quantitative estimate of drug-likeness (QED) is 0.796. The molecule has 0 spiro atoms. The molecule has 1 aliphatic rings. The van der Waals surface area contributed by atoms with Gasteiger partial charge in [-0.05, 0) is 25.3 Å². The van der Waals surface area contributed by atoms with Crippen LogP contribution in [0.5, 0.6) is 0 Å².